The predicted octanol–water partition coefficient (Wildman–Crippen LogP) is -1.12. The number of aliphatic carboxylic acids is 2. The summed E-state index contributed by atoms with van der Waals surface area (Å²) in [4.78, 5) is 72.1. The van der Waals surface area contributed by atoms with Gasteiger partial charge in [0.25, 0.3) is 0 Å². The van der Waals surface area contributed by atoms with Crippen LogP contribution in [-0.4, -0.2) is 69.9 Å². The summed E-state index contributed by atoms with van der Waals surface area (Å²) in [5, 5.41) is 25.2. The minimum atomic E-state index is -1.71. The van der Waals surface area contributed by atoms with Gasteiger partial charge < -0.3 is 37.6 Å². The Hall–Kier alpha value is -4.00. The third kappa shape index (κ3) is 12.0. The lowest BCUT2D eigenvalue weighted by Crippen LogP contribution is -2.57. The molecule has 0 saturated heterocycles. The Morgan fingerprint density at radius 1 is 0.838 bits per heavy atom. The lowest BCUT2D eigenvalue weighted by Gasteiger charge is -2.26. The van der Waals surface area contributed by atoms with Crippen LogP contribution in [0.1, 0.15) is 45.1 Å². The number of rotatable bonds is 16. The smallest absolute Gasteiger partial charge is 0.326 e. The second kappa shape index (κ2) is 15.2. The molecule has 0 radical (unpaired) electrons. The van der Waals surface area contributed by atoms with E-state index >= 15 is 0 Å². The Kier molecular flexibility index (Phi) is 12.7. The van der Waals surface area contributed by atoms with E-state index in [1.54, 1.807) is 38.1 Å². The van der Waals surface area contributed by atoms with Gasteiger partial charge in [0.2, 0.25) is 23.6 Å². The van der Waals surface area contributed by atoms with Crippen LogP contribution < -0.4 is 27.4 Å². The Morgan fingerprint density at radius 2 is 1.38 bits per heavy atom. The molecule has 0 aliphatic carbocycles. The molecular weight excluding hydrogens is 486 g/mol. The van der Waals surface area contributed by atoms with E-state index in [1.807, 2.05) is 6.07 Å². The fraction of sp³-hybridized carbons (Fsp3) is 0.500. The average molecular weight is 522 g/mol. The zero-order valence-corrected chi connectivity index (χ0v) is 20.8. The number of carboxylic acids is 2. The van der Waals surface area contributed by atoms with Crippen molar-refractivity contribution < 1.29 is 39.0 Å². The van der Waals surface area contributed by atoms with E-state index in [0.717, 1.165) is 5.56 Å². The lowest BCUT2D eigenvalue weighted by molar-refractivity contribution is -0.147. The molecule has 0 heterocycles. The van der Waals surface area contributed by atoms with Crippen molar-refractivity contribution in [2.75, 3.05) is 0 Å². The highest BCUT2D eigenvalue weighted by Gasteiger charge is 2.31. The number of primary amides is 1. The van der Waals surface area contributed by atoms with Crippen LogP contribution in [-0.2, 0) is 35.2 Å². The first-order valence-corrected chi connectivity index (χ1v) is 11.7. The van der Waals surface area contributed by atoms with Gasteiger partial charge >= 0.3 is 11.9 Å². The highest BCUT2D eigenvalue weighted by atomic mass is 16.4. The molecular formula is C24H35N5O8. The summed E-state index contributed by atoms with van der Waals surface area (Å²) in [7, 11) is 0. The van der Waals surface area contributed by atoms with E-state index < -0.39 is 66.2 Å². The molecule has 4 atom stereocenters. The van der Waals surface area contributed by atoms with Crippen molar-refractivity contribution in [3.63, 3.8) is 0 Å². The average Bonchev–Trinajstić information content (AvgIpc) is 2.80. The van der Waals surface area contributed by atoms with Crippen LogP contribution in [0, 0.1) is 5.92 Å². The standard InChI is InChI=1S/C24H35N5O8/c1-13(2)10-17(23(35)29-18(24(36)37)12-20(31)32)28-22(34)16(8-9-19(26)30)27-21(33)15(25)11-14-6-4-3-5-7-14/h3-7,13,15-18H,8-12,25H2,1-2H3,(H2,26,30)(H,27,33)(H,28,34)(H,29,35)(H,31,32)(H,36,37). The first-order valence-electron chi connectivity index (χ1n) is 11.7. The molecule has 0 fully saturated rings. The molecule has 0 bridgehead atoms. The van der Waals surface area contributed by atoms with Gasteiger partial charge in [0, 0.05) is 6.42 Å². The minimum Gasteiger partial charge on any atom is -0.481 e. The molecule has 0 aromatic heterocycles. The SMILES string of the molecule is CC(C)CC(NC(=O)C(CCC(N)=O)NC(=O)C(N)Cc1ccccc1)C(=O)NC(CC(=O)O)C(=O)O. The number of carbonyl (C=O) groups is 6. The van der Waals surface area contributed by atoms with Crippen LogP contribution >= 0.6 is 0 Å². The molecule has 4 amide bonds. The molecule has 13 nitrogen and oxygen atoms in total. The maximum Gasteiger partial charge on any atom is 0.326 e. The number of carbonyl (C=O) groups excluding carboxylic acids is 4. The van der Waals surface area contributed by atoms with E-state index in [0.29, 0.717) is 0 Å². The maximum absolute atomic E-state index is 13.1. The minimum absolute atomic E-state index is 0.0843. The Bertz CT molecular complexity index is 969. The van der Waals surface area contributed by atoms with Crippen molar-refractivity contribution in [2.45, 2.75) is 70.1 Å². The first-order chi connectivity index (χ1) is 17.3. The summed E-state index contributed by atoms with van der Waals surface area (Å²) >= 11 is 0. The first kappa shape index (κ1) is 31.0. The van der Waals surface area contributed by atoms with Crippen molar-refractivity contribution in [1.82, 2.24) is 16.0 Å². The fourth-order valence-corrected chi connectivity index (χ4v) is 3.42. The molecule has 13 heteroatoms. The molecule has 1 rings (SSSR count). The molecule has 4 unspecified atom stereocenters. The third-order valence-corrected chi connectivity index (χ3v) is 5.28. The summed E-state index contributed by atoms with van der Waals surface area (Å²) in [6, 6.07) is 3.73. The summed E-state index contributed by atoms with van der Waals surface area (Å²) in [6.45, 7) is 3.51. The molecule has 0 saturated carbocycles. The number of nitrogens with one attached hydrogen (secondary N) is 3. The van der Waals surface area contributed by atoms with Crippen LogP contribution in [0.4, 0.5) is 0 Å². The Balaban J connectivity index is 3.00. The van der Waals surface area contributed by atoms with E-state index in [4.69, 9.17) is 16.6 Å². The topological polar surface area (TPSA) is 231 Å². The summed E-state index contributed by atoms with van der Waals surface area (Å²) in [6.07, 6.45) is -0.999. The number of hydrogen-bond donors (Lipinski definition) is 7. The Labute approximate surface area is 214 Å². The number of carboxylic acid groups (broad SMARTS) is 2. The van der Waals surface area contributed by atoms with Crippen molar-refractivity contribution in [1.29, 1.82) is 0 Å². The highest BCUT2D eigenvalue weighted by molar-refractivity contribution is 5.95. The number of hydrogen-bond acceptors (Lipinski definition) is 7. The quantitative estimate of drug-likeness (QED) is 0.139. The third-order valence-electron chi connectivity index (χ3n) is 5.28. The number of amides is 4. The van der Waals surface area contributed by atoms with Gasteiger partial charge in [0.1, 0.15) is 18.1 Å². The zero-order chi connectivity index (χ0) is 28.1. The van der Waals surface area contributed by atoms with Gasteiger partial charge in [-0.2, -0.15) is 0 Å². The Morgan fingerprint density at radius 3 is 1.89 bits per heavy atom. The zero-order valence-electron chi connectivity index (χ0n) is 20.8. The monoisotopic (exact) mass is 521 g/mol. The second-order valence-corrected chi connectivity index (χ2v) is 9.05. The van der Waals surface area contributed by atoms with Crippen LogP contribution in [0.2, 0.25) is 0 Å². The summed E-state index contributed by atoms with van der Waals surface area (Å²) in [5.41, 5.74) is 12.0. The summed E-state index contributed by atoms with van der Waals surface area (Å²) in [5.74, 6) is -6.20. The van der Waals surface area contributed by atoms with Gasteiger partial charge in [-0.1, -0.05) is 44.2 Å². The molecule has 37 heavy (non-hydrogen) atoms. The molecule has 1 aromatic rings. The van der Waals surface area contributed by atoms with Gasteiger partial charge in [0.15, 0.2) is 0 Å². The van der Waals surface area contributed by atoms with Gasteiger partial charge in [-0.05, 0) is 30.7 Å². The maximum atomic E-state index is 13.1. The van der Waals surface area contributed by atoms with Crippen molar-refractivity contribution in [3.05, 3.63) is 35.9 Å². The molecule has 1 aromatic carbocycles. The molecule has 9 N–H and O–H groups in total. The van der Waals surface area contributed by atoms with Gasteiger partial charge in [-0.3, -0.25) is 24.0 Å². The van der Waals surface area contributed by atoms with E-state index in [-0.39, 0.29) is 31.6 Å². The molecule has 0 spiro atoms. The van der Waals surface area contributed by atoms with Crippen LogP contribution in [0.25, 0.3) is 0 Å². The van der Waals surface area contributed by atoms with E-state index in [1.165, 1.54) is 0 Å². The molecule has 0 aliphatic heterocycles. The van der Waals surface area contributed by atoms with E-state index in [2.05, 4.69) is 16.0 Å². The largest absolute Gasteiger partial charge is 0.481 e. The van der Waals surface area contributed by atoms with Gasteiger partial charge in [-0.25, -0.2) is 4.79 Å². The normalized spacial score (nSPS) is 14.1. The van der Waals surface area contributed by atoms with Crippen molar-refractivity contribution in [3.8, 4) is 0 Å². The van der Waals surface area contributed by atoms with Crippen LogP contribution in [0.3, 0.4) is 0 Å². The predicted molar refractivity (Wildman–Crippen MR) is 132 cm³/mol. The van der Waals surface area contributed by atoms with Crippen molar-refractivity contribution in [2.24, 2.45) is 17.4 Å². The van der Waals surface area contributed by atoms with Gasteiger partial charge in [-0.15, -0.1) is 0 Å². The fourth-order valence-electron chi connectivity index (χ4n) is 3.42. The van der Waals surface area contributed by atoms with Gasteiger partial charge in [0.05, 0.1) is 12.5 Å². The van der Waals surface area contributed by atoms with Crippen molar-refractivity contribution >= 4 is 35.6 Å². The van der Waals surface area contributed by atoms with Crippen LogP contribution in [0.15, 0.2) is 30.3 Å². The second-order valence-electron chi connectivity index (χ2n) is 9.05. The summed E-state index contributed by atoms with van der Waals surface area (Å²) < 4.78 is 0. The number of nitrogens with two attached hydrogens (primary N) is 2. The lowest BCUT2D eigenvalue weighted by atomic mass is 10.0. The molecule has 0 aliphatic rings. The molecule has 204 valence electrons. The van der Waals surface area contributed by atoms with Crippen LogP contribution in [0.5, 0.6) is 0 Å². The number of benzene rings is 1. The van der Waals surface area contributed by atoms with E-state index in [9.17, 15) is 33.9 Å². The highest BCUT2D eigenvalue weighted by Crippen LogP contribution is 2.09.